The van der Waals surface area contributed by atoms with Crippen LogP contribution < -0.4 is 0 Å². The van der Waals surface area contributed by atoms with E-state index in [2.05, 4.69) is 11.7 Å². The van der Waals surface area contributed by atoms with Gasteiger partial charge in [-0.1, -0.05) is 0 Å². The van der Waals surface area contributed by atoms with E-state index in [-0.39, 0.29) is 51.4 Å². The number of thiol groups is 1. The van der Waals surface area contributed by atoms with Crippen molar-refractivity contribution in [3.8, 4) is 0 Å². The van der Waals surface area contributed by atoms with Crippen LogP contribution in [0.1, 0.15) is 0 Å². The van der Waals surface area contributed by atoms with Crippen LogP contribution in [0.2, 0.25) is 0 Å². The van der Waals surface area contributed by atoms with E-state index in [9.17, 15) is 0 Å². The Morgan fingerprint density at radius 2 is 1.18 bits per heavy atom. The molecule has 11 heavy (non-hydrogen) atoms. The third kappa shape index (κ3) is 357. The van der Waals surface area contributed by atoms with Gasteiger partial charge in [0.05, 0.1) is 0 Å². The molecule has 0 aliphatic heterocycles. The topological polar surface area (TPSA) is 126 Å². The van der Waals surface area contributed by atoms with Crippen molar-refractivity contribution in [3.63, 3.8) is 0 Å². The molecule has 0 radical (unpaired) electrons. The summed E-state index contributed by atoms with van der Waals surface area (Å²) in [5.41, 5.74) is 0. The summed E-state index contributed by atoms with van der Waals surface area (Å²) < 4.78 is 58.5. The van der Waals surface area contributed by atoms with Gasteiger partial charge in [0, 0.05) is 0 Å². The predicted molar refractivity (Wildman–Crippen MR) is 32.0 cm³/mol. The Labute approximate surface area is 112 Å². The molecule has 0 bridgehead atoms. The SMILES string of the molecule is O=S(=O)(O)S.[KH].[O]=[Mn](=[O])(=[O])[OH]. The van der Waals surface area contributed by atoms with Crippen molar-refractivity contribution in [2.24, 2.45) is 0 Å². The van der Waals surface area contributed by atoms with Gasteiger partial charge in [-0.05, 0) is 11.7 Å². The van der Waals surface area contributed by atoms with Crippen LogP contribution in [0.15, 0.2) is 0 Å². The Morgan fingerprint density at radius 3 is 1.18 bits per heavy atom. The number of hydrogen-bond acceptors (Lipinski definition) is 5. The molecule has 0 aliphatic rings. The molecule has 0 saturated carbocycles. The van der Waals surface area contributed by atoms with E-state index in [1.54, 1.807) is 0 Å². The van der Waals surface area contributed by atoms with Crippen LogP contribution in [0.4, 0.5) is 0 Å². The molecule has 0 rings (SSSR count). The summed E-state index contributed by atoms with van der Waals surface area (Å²) in [6.45, 7) is 0. The Hall–Kier alpha value is 1.78. The molecular formula is H4KMnO7S2. The second-order valence-electron chi connectivity index (χ2n) is 0.844. The van der Waals surface area contributed by atoms with E-state index in [4.69, 9.17) is 28.7 Å². The first kappa shape index (κ1) is 18.5. The quantitative estimate of drug-likeness (QED) is 0.205. The second-order valence-corrected chi connectivity index (χ2v) is 4.36. The second kappa shape index (κ2) is 7.21. The Bertz CT molecular complexity index is 291. The summed E-state index contributed by atoms with van der Waals surface area (Å²) in [4.78, 5) is 0. The average Bonchev–Trinajstić information content (AvgIpc) is 1.12. The minimum atomic E-state index is -5.38. The monoisotopic (exact) mass is 274 g/mol. The molecule has 0 amide bonds. The predicted octanol–water partition coefficient (Wildman–Crippen LogP) is -1.85. The fourth-order valence-corrected chi connectivity index (χ4v) is 0. The molecule has 0 aliphatic carbocycles. The van der Waals surface area contributed by atoms with Crippen molar-refractivity contribution >= 4 is 72.2 Å². The molecule has 0 aromatic carbocycles. The van der Waals surface area contributed by atoms with E-state index in [0.29, 0.717) is 0 Å². The zero-order valence-corrected chi connectivity index (χ0v) is 7.06. The molecule has 0 atom stereocenters. The van der Waals surface area contributed by atoms with E-state index in [1.165, 1.54) is 0 Å². The van der Waals surface area contributed by atoms with E-state index < -0.39 is 22.1 Å². The standard InChI is InChI=1S/K.Mn.H2O3S2.H2O.3O.H/c;;1-5(2,3)4;;;;;/h;;(H2,1,2,3,4);1H2;;;;/q;+1;;;;;;/p-1. The van der Waals surface area contributed by atoms with Crippen LogP contribution >= 0.6 is 11.7 Å². The summed E-state index contributed by atoms with van der Waals surface area (Å²) in [6, 6.07) is 0. The Balaban J connectivity index is -0.000000107. The van der Waals surface area contributed by atoms with Gasteiger partial charge in [-0.3, -0.25) is 4.55 Å². The molecule has 0 saturated heterocycles. The molecule has 0 fully saturated rings. The van der Waals surface area contributed by atoms with Gasteiger partial charge >= 0.3 is 89.2 Å². The van der Waals surface area contributed by atoms with Crippen LogP contribution in [0.25, 0.3) is 0 Å². The summed E-state index contributed by atoms with van der Waals surface area (Å²) in [7, 11) is -3.97. The third-order valence-electron chi connectivity index (χ3n) is 0. The fraction of sp³-hybridized carbons (Fsp3) is 0. The molecule has 2 N–H and O–H groups in total. The van der Waals surface area contributed by atoms with Crippen LogP contribution in [-0.2, 0) is 33.6 Å². The van der Waals surface area contributed by atoms with Gasteiger partial charge in [0.15, 0.2) is 0 Å². The number of rotatable bonds is 0. The molecule has 0 aromatic heterocycles. The zero-order valence-electron chi connectivity index (χ0n) is 4.17. The van der Waals surface area contributed by atoms with Crippen molar-refractivity contribution in [3.05, 3.63) is 0 Å². The zero-order chi connectivity index (χ0) is 9.00. The molecule has 0 spiro atoms. The average molecular weight is 274 g/mol. The molecule has 0 unspecified atom stereocenters. The van der Waals surface area contributed by atoms with Crippen molar-refractivity contribution < 1.29 is 41.6 Å². The summed E-state index contributed by atoms with van der Waals surface area (Å²) in [6.07, 6.45) is 0. The van der Waals surface area contributed by atoms with Gasteiger partial charge in [-0.25, -0.2) is 0 Å². The fourth-order valence-electron chi connectivity index (χ4n) is 0. The third-order valence-corrected chi connectivity index (χ3v) is 0. The molecular weight excluding hydrogens is 270 g/mol. The van der Waals surface area contributed by atoms with Crippen molar-refractivity contribution in [2.45, 2.75) is 0 Å². The van der Waals surface area contributed by atoms with Crippen LogP contribution in [-0.4, -0.2) is 68.5 Å². The molecule has 0 heterocycles. The molecule has 7 nitrogen and oxygen atoms in total. The van der Waals surface area contributed by atoms with E-state index in [1.807, 2.05) is 0 Å². The maximum absolute atomic E-state index is 9.05. The molecule has 66 valence electrons. The van der Waals surface area contributed by atoms with Crippen LogP contribution in [0.5, 0.6) is 0 Å². The van der Waals surface area contributed by atoms with Crippen LogP contribution in [0, 0.1) is 0 Å². The normalized spacial score (nSPS) is 10.5. The maximum atomic E-state index is 9.05. The van der Waals surface area contributed by atoms with Gasteiger partial charge < -0.3 is 0 Å². The van der Waals surface area contributed by atoms with Gasteiger partial charge in [0.25, 0.3) is 0 Å². The van der Waals surface area contributed by atoms with Gasteiger partial charge in [0.2, 0.25) is 0 Å². The van der Waals surface area contributed by atoms with Gasteiger partial charge in [0.1, 0.15) is 0 Å². The van der Waals surface area contributed by atoms with Crippen molar-refractivity contribution in [1.29, 1.82) is 0 Å². The summed E-state index contributed by atoms with van der Waals surface area (Å²) in [5, 5.41) is 0. The Kier molecular flexibility index (Phi) is 12.1. The Morgan fingerprint density at radius 1 is 1.18 bits per heavy atom. The first-order valence-electron chi connectivity index (χ1n) is 1.33. The van der Waals surface area contributed by atoms with E-state index >= 15 is 0 Å². The molecule has 0 aromatic rings. The summed E-state index contributed by atoms with van der Waals surface area (Å²) in [5.74, 6) is 0. The number of hydrogen-bond donors (Lipinski definition) is 3. The molecule has 11 heteroatoms. The first-order valence-corrected chi connectivity index (χ1v) is 5.80. The first-order chi connectivity index (χ1) is 4.00. The minimum absolute atomic E-state index is 0. The van der Waals surface area contributed by atoms with Crippen molar-refractivity contribution in [1.82, 2.24) is 0 Å². The van der Waals surface area contributed by atoms with Gasteiger partial charge in [-0.15, -0.1) is 0 Å². The summed E-state index contributed by atoms with van der Waals surface area (Å²) >= 11 is -2.72. The van der Waals surface area contributed by atoms with Crippen molar-refractivity contribution in [2.75, 3.05) is 0 Å². The van der Waals surface area contributed by atoms with E-state index in [0.717, 1.165) is 0 Å². The van der Waals surface area contributed by atoms with Crippen LogP contribution in [0.3, 0.4) is 0 Å². The van der Waals surface area contributed by atoms with Gasteiger partial charge in [-0.2, -0.15) is 8.42 Å².